The van der Waals surface area contributed by atoms with Crippen LogP contribution in [0, 0.1) is 17.8 Å². The molecule has 0 fully saturated rings. The molecular weight excluding hydrogens is 1330 g/mol. The Balaban J connectivity index is 5.23. The summed E-state index contributed by atoms with van der Waals surface area (Å²) in [5.74, 6) is 0.238. The van der Waals surface area contributed by atoms with Crippen LogP contribution in [0.1, 0.15) is 434 Å². The van der Waals surface area contributed by atoms with Gasteiger partial charge in [-0.1, -0.05) is 382 Å². The molecule has 0 amide bonds. The Morgan fingerprint density at radius 1 is 0.265 bits per heavy atom. The number of aliphatic hydroxyl groups excluding tert-OH is 1. The van der Waals surface area contributed by atoms with Crippen LogP contribution in [0.2, 0.25) is 0 Å². The van der Waals surface area contributed by atoms with E-state index in [0.717, 1.165) is 108 Å². The Morgan fingerprint density at radius 2 is 0.451 bits per heavy atom. The van der Waals surface area contributed by atoms with Gasteiger partial charge in [-0.25, -0.2) is 9.13 Å². The lowest BCUT2D eigenvalue weighted by Crippen LogP contribution is -2.30. The highest BCUT2D eigenvalue weighted by molar-refractivity contribution is 7.47. The lowest BCUT2D eigenvalue weighted by atomic mass is 10.0. The maximum Gasteiger partial charge on any atom is 0.472 e. The molecule has 0 saturated heterocycles. The Kier molecular flexibility index (Phi) is 71.8. The van der Waals surface area contributed by atoms with Crippen molar-refractivity contribution in [2.75, 3.05) is 39.6 Å². The molecule has 606 valence electrons. The monoisotopic (exact) mass is 1490 g/mol. The van der Waals surface area contributed by atoms with Gasteiger partial charge in [0.1, 0.15) is 19.3 Å². The van der Waals surface area contributed by atoms with Gasteiger partial charge in [-0.2, -0.15) is 0 Å². The number of hydrogen-bond acceptors (Lipinski definition) is 15. The van der Waals surface area contributed by atoms with E-state index in [1.54, 1.807) is 0 Å². The predicted octanol–water partition coefficient (Wildman–Crippen LogP) is 24.9. The van der Waals surface area contributed by atoms with Crippen molar-refractivity contribution in [1.29, 1.82) is 0 Å². The highest BCUT2D eigenvalue weighted by atomic mass is 31.2. The molecule has 102 heavy (non-hydrogen) atoms. The lowest BCUT2D eigenvalue weighted by Gasteiger charge is -2.21. The number of ether oxygens (including phenoxy) is 4. The molecule has 19 heteroatoms. The minimum absolute atomic E-state index is 0.107. The molecule has 0 spiro atoms. The molecule has 0 aliphatic rings. The molecule has 0 aliphatic carbocycles. The van der Waals surface area contributed by atoms with E-state index in [2.05, 4.69) is 48.5 Å². The molecule has 0 aromatic rings. The first-order valence-electron chi connectivity index (χ1n) is 42.8. The average molecular weight is 1490 g/mol. The van der Waals surface area contributed by atoms with Gasteiger partial charge in [0.25, 0.3) is 0 Å². The van der Waals surface area contributed by atoms with Crippen molar-refractivity contribution >= 4 is 39.5 Å². The minimum Gasteiger partial charge on any atom is -0.462 e. The van der Waals surface area contributed by atoms with Crippen molar-refractivity contribution in [3.8, 4) is 0 Å². The number of unbranched alkanes of at least 4 members (excludes halogenated alkanes) is 49. The molecule has 0 rings (SSSR count). The van der Waals surface area contributed by atoms with Gasteiger partial charge in [0, 0.05) is 25.7 Å². The third kappa shape index (κ3) is 76.3. The molecule has 0 aromatic heterocycles. The predicted molar refractivity (Wildman–Crippen MR) is 418 cm³/mol. The number of carbonyl (C=O) groups excluding carboxylic acids is 4. The van der Waals surface area contributed by atoms with E-state index < -0.39 is 97.5 Å². The zero-order valence-corrected chi connectivity index (χ0v) is 68.9. The second kappa shape index (κ2) is 73.2. The first kappa shape index (κ1) is 100. The van der Waals surface area contributed by atoms with Crippen LogP contribution in [0.15, 0.2) is 0 Å². The molecule has 2 unspecified atom stereocenters. The standard InChI is InChI=1S/C83H162O17P2/c1-8-9-10-11-12-13-14-23-31-36-45-52-59-66-82(87)100-79(71-94-81(86)65-58-51-44-39-38-42-49-56-63-76(6)7)73-98-102(91,92)96-69-77(84)68-95-101(89,90)97-72-78(70-93-80(85)64-57-50-43-35-30-26-22-21-25-29-34-41-48-55-62-75(4)5)99-83(88)67-60-53-46-37-32-27-20-18-16-15-17-19-24-28-33-40-47-54-61-74(2)3/h74-79,84H,8-73H2,1-7H3,(H,89,90)(H,91,92)/t77-,78-,79-/m1/s1. The van der Waals surface area contributed by atoms with E-state index in [9.17, 15) is 43.2 Å². The summed E-state index contributed by atoms with van der Waals surface area (Å²) in [6.07, 6.45) is 62.5. The Labute approximate surface area is 626 Å². The summed E-state index contributed by atoms with van der Waals surface area (Å²) >= 11 is 0. The molecule has 5 atom stereocenters. The van der Waals surface area contributed by atoms with Gasteiger partial charge >= 0.3 is 39.5 Å². The smallest absolute Gasteiger partial charge is 0.462 e. The van der Waals surface area contributed by atoms with Crippen LogP contribution in [0.5, 0.6) is 0 Å². The second-order valence-corrected chi connectivity index (χ2v) is 34.2. The van der Waals surface area contributed by atoms with Crippen LogP contribution >= 0.6 is 15.6 Å². The summed E-state index contributed by atoms with van der Waals surface area (Å²) in [5.41, 5.74) is 0. The molecule has 0 aromatic carbocycles. The van der Waals surface area contributed by atoms with Crippen molar-refractivity contribution in [2.24, 2.45) is 17.8 Å². The van der Waals surface area contributed by atoms with Crippen LogP contribution in [0.4, 0.5) is 0 Å². The topological polar surface area (TPSA) is 237 Å². The quantitative estimate of drug-likeness (QED) is 0.0222. The number of aliphatic hydroxyl groups is 1. The van der Waals surface area contributed by atoms with E-state index in [1.165, 1.54) is 244 Å². The highest BCUT2D eigenvalue weighted by Gasteiger charge is 2.30. The number of phosphoric ester groups is 2. The molecular formula is C83H162O17P2. The maximum absolute atomic E-state index is 13.1. The number of phosphoric acid groups is 2. The van der Waals surface area contributed by atoms with E-state index in [0.29, 0.717) is 25.7 Å². The molecule has 17 nitrogen and oxygen atoms in total. The van der Waals surface area contributed by atoms with Crippen LogP contribution < -0.4 is 0 Å². The summed E-state index contributed by atoms with van der Waals surface area (Å²) in [6, 6.07) is 0. The molecule has 3 N–H and O–H groups in total. The van der Waals surface area contributed by atoms with E-state index in [1.807, 2.05) is 0 Å². The van der Waals surface area contributed by atoms with Gasteiger partial charge < -0.3 is 33.8 Å². The van der Waals surface area contributed by atoms with Gasteiger partial charge in [0.2, 0.25) is 0 Å². The first-order chi connectivity index (χ1) is 49.2. The van der Waals surface area contributed by atoms with Gasteiger partial charge in [0.15, 0.2) is 12.2 Å². The minimum atomic E-state index is -4.96. The zero-order valence-electron chi connectivity index (χ0n) is 67.1. The van der Waals surface area contributed by atoms with Crippen LogP contribution in [0.3, 0.4) is 0 Å². The maximum atomic E-state index is 13.1. The summed E-state index contributed by atoms with van der Waals surface area (Å²) in [4.78, 5) is 73.1. The Hall–Kier alpha value is -1.94. The van der Waals surface area contributed by atoms with Gasteiger partial charge in [-0.3, -0.25) is 37.3 Å². The van der Waals surface area contributed by atoms with E-state index in [-0.39, 0.29) is 25.7 Å². The SMILES string of the molecule is CCCCCCCCCCCCCCCC(=O)O[C@H](COC(=O)CCCCCCCCCCC(C)C)COP(=O)(O)OC[C@H](O)COP(=O)(O)OC[C@@H](COC(=O)CCCCCCCCCCCCCCCCC(C)C)OC(=O)CCCCCCCCCCCCCCCCCCCCC(C)C. The van der Waals surface area contributed by atoms with Crippen molar-refractivity contribution in [2.45, 2.75) is 452 Å². The number of carbonyl (C=O) groups is 4. The number of hydrogen-bond donors (Lipinski definition) is 3. The summed E-state index contributed by atoms with van der Waals surface area (Å²) < 4.78 is 68.8. The van der Waals surface area contributed by atoms with Crippen LogP contribution in [0.25, 0.3) is 0 Å². The van der Waals surface area contributed by atoms with Gasteiger partial charge in [-0.15, -0.1) is 0 Å². The van der Waals surface area contributed by atoms with Crippen molar-refractivity contribution in [3.63, 3.8) is 0 Å². The largest absolute Gasteiger partial charge is 0.472 e. The fraction of sp³-hybridized carbons (Fsp3) is 0.952. The molecule has 0 saturated carbocycles. The first-order valence-corrected chi connectivity index (χ1v) is 45.8. The normalized spacial score (nSPS) is 13.9. The second-order valence-electron chi connectivity index (χ2n) is 31.3. The highest BCUT2D eigenvalue weighted by Crippen LogP contribution is 2.45. The van der Waals surface area contributed by atoms with Crippen molar-refractivity contribution in [1.82, 2.24) is 0 Å². The fourth-order valence-electron chi connectivity index (χ4n) is 12.8. The fourth-order valence-corrected chi connectivity index (χ4v) is 14.4. The third-order valence-corrected chi connectivity index (χ3v) is 21.3. The third-order valence-electron chi connectivity index (χ3n) is 19.4. The molecule has 0 heterocycles. The number of esters is 4. The van der Waals surface area contributed by atoms with Crippen LogP contribution in [-0.2, 0) is 65.4 Å². The Bertz CT molecular complexity index is 1970. The molecule has 0 radical (unpaired) electrons. The van der Waals surface area contributed by atoms with Crippen LogP contribution in [-0.4, -0.2) is 96.7 Å². The van der Waals surface area contributed by atoms with Gasteiger partial charge in [-0.05, 0) is 43.4 Å². The van der Waals surface area contributed by atoms with E-state index in [4.69, 9.17) is 37.0 Å². The summed E-state index contributed by atoms with van der Waals surface area (Å²) in [7, 11) is -9.92. The average Bonchev–Trinajstić information content (AvgIpc) is 0.909. The lowest BCUT2D eigenvalue weighted by molar-refractivity contribution is -0.161. The molecule has 0 bridgehead atoms. The zero-order chi connectivity index (χ0) is 75.1. The Morgan fingerprint density at radius 3 is 0.667 bits per heavy atom. The van der Waals surface area contributed by atoms with Crippen molar-refractivity contribution in [3.05, 3.63) is 0 Å². The molecule has 0 aliphatic heterocycles. The number of rotatable bonds is 81. The summed E-state index contributed by atoms with van der Waals surface area (Å²) in [6.45, 7) is 12.0. The summed E-state index contributed by atoms with van der Waals surface area (Å²) in [5, 5.41) is 10.7. The van der Waals surface area contributed by atoms with Crippen molar-refractivity contribution < 1.29 is 80.2 Å². The van der Waals surface area contributed by atoms with E-state index >= 15 is 0 Å². The van der Waals surface area contributed by atoms with Gasteiger partial charge in [0.05, 0.1) is 26.4 Å².